The summed E-state index contributed by atoms with van der Waals surface area (Å²) in [6.07, 6.45) is 7.62. The number of rotatable bonds is 6. The van der Waals surface area contributed by atoms with E-state index >= 15 is 0 Å². The molecule has 0 heterocycles. The van der Waals surface area contributed by atoms with Crippen LogP contribution in [0, 0.1) is 0 Å². The second-order valence-electron chi connectivity index (χ2n) is 4.69. The number of hydrogen-bond donors (Lipinski definition) is 3. The molecule has 4 heteroatoms. The minimum absolute atomic E-state index is 0.196. The third-order valence-corrected chi connectivity index (χ3v) is 3.24. The molecule has 1 fully saturated rings. The average molecular weight is 228 g/mol. The van der Waals surface area contributed by atoms with Gasteiger partial charge in [-0.25, -0.2) is 0 Å². The number of aliphatic hydroxyl groups excluding tert-OH is 1. The van der Waals surface area contributed by atoms with Crippen molar-refractivity contribution in [3.8, 4) is 0 Å². The summed E-state index contributed by atoms with van der Waals surface area (Å²) in [5, 5.41) is 13.2. The largest absolute Gasteiger partial charge is 0.392 e. The smallest absolute Gasteiger partial charge is 0.217 e. The minimum atomic E-state index is -0.227. The van der Waals surface area contributed by atoms with E-state index in [1.165, 1.54) is 12.8 Å². The van der Waals surface area contributed by atoms with Crippen LogP contribution in [-0.4, -0.2) is 29.7 Å². The highest BCUT2D eigenvalue weighted by molar-refractivity contribution is 5.73. The zero-order valence-electron chi connectivity index (χ0n) is 9.95. The Labute approximate surface area is 97.6 Å². The molecule has 16 heavy (non-hydrogen) atoms. The highest BCUT2D eigenvalue weighted by Crippen LogP contribution is 2.17. The van der Waals surface area contributed by atoms with Gasteiger partial charge in [-0.1, -0.05) is 19.3 Å². The van der Waals surface area contributed by atoms with Crippen LogP contribution < -0.4 is 11.1 Å². The maximum Gasteiger partial charge on any atom is 0.217 e. The summed E-state index contributed by atoms with van der Waals surface area (Å²) in [4.78, 5) is 10.5. The fourth-order valence-electron chi connectivity index (χ4n) is 2.24. The fraction of sp³-hybridized carbons (Fsp3) is 0.917. The SMILES string of the molecule is NC(=O)CCCCNC1CCCCCC1O. The van der Waals surface area contributed by atoms with E-state index in [-0.39, 0.29) is 18.1 Å². The van der Waals surface area contributed by atoms with Gasteiger partial charge in [-0.3, -0.25) is 4.79 Å². The number of nitrogens with two attached hydrogens (primary N) is 1. The molecule has 2 atom stereocenters. The molecule has 1 amide bonds. The highest BCUT2D eigenvalue weighted by atomic mass is 16.3. The van der Waals surface area contributed by atoms with Crippen LogP contribution in [0.3, 0.4) is 0 Å². The molecular weight excluding hydrogens is 204 g/mol. The summed E-state index contributed by atoms with van der Waals surface area (Å²) in [6.45, 7) is 0.870. The Kier molecular flexibility index (Phi) is 6.42. The maximum atomic E-state index is 10.5. The van der Waals surface area contributed by atoms with Gasteiger partial charge in [0.05, 0.1) is 6.10 Å². The molecule has 0 spiro atoms. The van der Waals surface area contributed by atoms with Crippen LogP contribution >= 0.6 is 0 Å². The summed E-state index contributed by atoms with van der Waals surface area (Å²) in [7, 11) is 0. The molecule has 1 aliphatic rings. The summed E-state index contributed by atoms with van der Waals surface area (Å²) in [5.74, 6) is -0.227. The second-order valence-corrected chi connectivity index (χ2v) is 4.69. The van der Waals surface area contributed by atoms with Gasteiger partial charge >= 0.3 is 0 Å². The lowest BCUT2D eigenvalue weighted by molar-refractivity contribution is -0.118. The number of amides is 1. The van der Waals surface area contributed by atoms with Gasteiger partial charge in [0.1, 0.15) is 0 Å². The third-order valence-electron chi connectivity index (χ3n) is 3.24. The molecule has 0 saturated heterocycles. The van der Waals surface area contributed by atoms with Gasteiger partial charge in [0.2, 0.25) is 5.91 Å². The van der Waals surface area contributed by atoms with Crippen molar-refractivity contribution in [3.63, 3.8) is 0 Å². The molecule has 2 unspecified atom stereocenters. The molecule has 4 N–H and O–H groups in total. The number of carbonyl (C=O) groups is 1. The van der Waals surface area contributed by atoms with Gasteiger partial charge in [-0.2, -0.15) is 0 Å². The number of nitrogens with one attached hydrogen (secondary N) is 1. The van der Waals surface area contributed by atoms with Crippen molar-refractivity contribution < 1.29 is 9.90 Å². The van der Waals surface area contributed by atoms with Crippen LogP contribution in [0.15, 0.2) is 0 Å². The quantitative estimate of drug-likeness (QED) is 0.467. The van der Waals surface area contributed by atoms with Crippen molar-refractivity contribution in [1.82, 2.24) is 5.32 Å². The summed E-state index contributed by atoms with van der Waals surface area (Å²) in [6, 6.07) is 0.246. The van der Waals surface area contributed by atoms with E-state index in [1.807, 2.05) is 0 Å². The van der Waals surface area contributed by atoms with Crippen LogP contribution in [0.2, 0.25) is 0 Å². The number of unbranched alkanes of at least 4 members (excludes halogenated alkanes) is 1. The molecule has 94 valence electrons. The Morgan fingerprint density at radius 3 is 2.75 bits per heavy atom. The minimum Gasteiger partial charge on any atom is -0.392 e. The van der Waals surface area contributed by atoms with E-state index in [2.05, 4.69) is 5.32 Å². The molecule has 1 saturated carbocycles. The highest BCUT2D eigenvalue weighted by Gasteiger charge is 2.20. The molecule has 0 aromatic rings. The van der Waals surface area contributed by atoms with E-state index < -0.39 is 0 Å². The standard InChI is InChI=1S/C12H24N2O2/c13-12(16)8-4-5-9-14-10-6-2-1-3-7-11(10)15/h10-11,14-15H,1-9H2,(H2,13,16). The topological polar surface area (TPSA) is 75.4 Å². The summed E-state index contributed by atoms with van der Waals surface area (Å²) >= 11 is 0. The van der Waals surface area contributed by atoms with Crippen molar-refractivity contribution in [1.29, 1.82) is 0 Å². The van der Waals surface area contributed by atoms with Gasteiger partial charge in [-0.05, 0) is 32.2 Å². The molecule has 1 aliphatic carbocycles. The predicted molar refractivity (Wildman–Crippen MR) is 63.9 cm³/mol. The predicted octanol–water partition coefficient (Wildman–Crippen LogP) is 0.925. The first-order valence-electron chi connectivity index (χ1n) is 6.40. The molecule has 0 aliphatic heterocycles. The Hall–Kier alpha value is -0.610. The van der Waals surface area contributed by atoms with Crippen LogP contribution in [0.5, 0.6) is 0 Å². The van der Waals surface area contributed by atoms with Crippen molar-refractivity contribution in [3.05, 3.63) is 0 Å². The second kappa shape index (κ2) is 7.63. The Balaban J connectivity index is 2.08. The normalized spacial score (nSPS) is 26.3. The molecule has 0 radical (unpaired) electrons. The van der Waals surface area contributed by atoms with E-state index in [4.69, 9.17) is 5.73 Å². The number of carbonyl (C=O) groups excluding carboxylic acids is 1. The zero-order chi connectivity index (χ0) is 11.8. The van der Waals surface area contributed by atoms with Crippen molar-refractivity contribution >= 4 is 5.91 Å². The van der Waals surface area contributed by atoms with Crippen molar-refractivity contribution in [2.75, 3.05) is 6.54 Å². The van der Waals surface area contributed by atoms with E-state index in [9.17, 15) is 9.90 Å². The molecule has 0 aromatic carbocycles. The molecular formula is C12H24N2O2. The van der Waals surface area contributed by atoms with Gasteiger partial charge in [0.15, 0.2) is 0 Å². The lowest BCUT2D eigenvalue weighted by Crippen LogP contribution is -2.39. The third kappa shape index (κ3) is 5.47. The summed E-state index contributed by atoms with van der Waals surface area (Å²) in [5.41, 5.74) is 5.06. The first kappa shape index (κ1) is 13.5. The van der Waals surface area contributed by atoms with Crippen LogP contribution in [0.25, 0.3) is 0 Å². The molecule has 0 bridgehead atoms. The lowest BCUT2D eigenvalue weighted by atomic mass is 10.1. The van der Waals surface area contributed by atoms with E-state index in [0.717, 1.165) is 38.6 Å². The Morgan fingerprint density at radius 1 is 1.25 bits per heavy atom. The van der Waals surface area contributed by atoms with E-state index in [1.54, 1.807) is 0 Å². The van der Waals surface area contributed by atoms with Gasteiger partial charge in [-0.15, -0.1) is 0 Å². The van der Waals surface area contributed by atoms with E-state index in [0.29, 0.717) is 6.42 Å². The lowest BCUT2D eigenvalue weighted by Gasteiger charge is -2.21. The van der Waals surface area contributed by atoms with Gasteiger partial charge in [0.25, 0.3) is 0 Å². The first-order valence-corrected chi connectivity index (χ1v) is 6.40. The first-order chi connectivity index (χ1) is 7.70. The van der Waals surface area contributed by atoms with Crippen LogP contribution in [0.1, 0.15) is 51.4 Å². The van der Waals surface area contributed by atoms with Gasteiger partial charge in [0, 0.05) is 12.5 Å². The van der Waals surface area contributed by atoms with Crippen LogP contribution in [-0.2, 0) is 4.79 Å². The number of primary amides is 1. The molecule has 4 nitrogen and oxygen atoms in total. The monoisotopic (exact) mass is 228 g/mol. The number of aliphatic hydroxyl groups is 1. The number of hydrogen-bond acceptors (Lipinski definition) is 3. The summed E-state index contributed by atoms with van der Waals surface area (Å²) < 4.78 is 0. The van der Waals surface area contributed by atoms with Crippen molar-refractivity contribution in [2.45, 2.75) is 63.5 Å². The maximum absolute atomic E-state index is 10.5. The van der Waals surface area contributed by atoms with Crippen molar-refractivity contribution in [2.24, 2.45) is 5.73 Å². The fourth-order valence-corrected chi connectivity index (χ4v) is 2.24. The Bertz CT molecular complexity index is 209. The molecule has 0 aromatic heterocycles. The molecule has 1 rings (SSSR count). The van der Waals surface area contributed by atoms with Gasteiger partial charge < -0.3 is 16.2 Å². The average Bonchev–Trinajstić information content (AvgIpc) is 2.43. The Morgan fingerprint density at radius 2 is 2.00 bits per heavy atom. The zero-order valence-corrected chi connectivity index (χ0v) is 9.95. The van der Waals surface area contributed by atoms with Crippen LogP contribution in [0.4, 0.5) is 0 Å².